The number of pyridine rings is 1. The Bertz CT molecular complexity index is 512. The maximum atomic E-state index is 11.3. The standard InChI is InChI=1S/C9H10N2O2S/c1-6-4-7(2)11-9(8(6)5-10)14(3,12)13/h4H,1-3H3. The van der Waals surface area contributed by atoms with Crippen molar-refractivity contribution in [3.05, 3.63) is 22.9 Å². The summed E-state index contributed by atoms with van der Waals surface area (Å²) in [6.07, 6.45) is 1.05. The Hall–Kier alpha value is -1.41. The maximum absolute atomic E-state index is 11.3. The Morgan fingerprint density at radius 2 is 2.00 bits per heavy atom. The highest BCUT2D eigenvalue weighted by Crippen LogP contribution is 2.17. The summed E-state index contributed by atoms with van der Waals surface area (Å²) >= 11 is 0. The first kappa shape index (κ1) is 10.7. The van der Waals surface area contributed by atoms with Gasteiger partial charge in [0.1, 0.15) is 6.07 Å². The summed E-state index contributed by atoms with van der Waals surface area (Å²) in [5.74, 6) is 0. The second kappa shape index (κ2) is 3.39. The van der Waals surface area contributed by atoms with Gasteiger partial charge in [-0.1, -0.05) is 0 Å². The van der Waals surface area contributed by atoms with Crippen molar-refractivity contribution in [2.24, 2.45) is 0 Å². The van der Waals surface area contributed by atoms with Crippen molar-refractivity contribution < 1.29 is 8.42 Å². The number of nitrogens with zero attached hydrogens (tertiary/aromatic N) is 2. The zero-order valence-corrected chi connectivity index (χ0v) is 9.01. The summed E-state index contributed by atoms with van der Waals surface area (Å²) in [6, 6.07) is 3.54. The molecule has 0 fully saturated rings. The van der Waals surface area contributed by atoms with Crippen LogP contribution in [-0.4, -0.2) is 19.7 Å². The van der Waals surface area contributed by atoms with Crippen LogP contribution in [0.25, 0.3) is 0 Å². The van der Waals surface area contributed by atoms with Gasteiger partial charge in [0.05, 0.1) is 5.56 Å². The van der Waals surface area contributed by atoms with Gasteiger partial charge in [-0.25, -0.2) is 13.4 Å². The largest absolute Gasteiger partial charge is 0.240 e. The highest BCUT2D eigenvalue weighted by Gasteiger charge is 2.17. The molecule has 0 spiro atoms. The average molecular weight is 210 g/mol. The molecule has 0 atom stereocenters. The molecule has 0 aromatic carbocycles. The van der Waals surface area contributed by atoms with Crippen LogP contribution in [0.15, 0.2) is 11.1 Å². The summed E-state index contributed by atoms with van der Waals surface area (Å²) in [6.45, 7) is 3.39. The molecule has 1 heterocycles. The monoisotopic (exact) mass is 210 g/mol. The van der Waals surface area contributed by atoms with E-state index in [2.05, 4.69) is 4.98 Å². The average Bonchev–Trinajstić information content (AvgIpc) is 2.01. The molecule has 0 aliphatic rings. The van der Waals surface area contributed by atoms with Crippen LogP contribution in [0.5, 0.6) is 0 Å². The lowest BCUT2D eigenvalue weighted by atomic mass is 10.1. The molecule has 4 nitrogen and oxygen atoms in total. The molecule has 0 saturated carbocycles. The minimum Gasteiger partial charge on any atom is -0.240 e. The third-order valence-corrected chi connectivity index (χ3v) is 2.77. The Kier molecular flexibility index (Phi) is 2.58. The van der Waals surface area contributed by atoms with E-state index in [1.165, 1.54) is 0 Å². The van der Waals surface area contributed by atoms with Crippen LogP contribution in [0.3, 0.4) is 0 Å². The van der Waals surface area contributed by atoms with Crippen molar-refractivity contribution in [2.75, 3.05) is 6.26 Å². The van der Waals surface area contributed by atoms with Crippen molar-refractivity contribution in [3.8, 4) is 6.07 Å². The van der Waals surface area contributed by atoms with Gasteiger partial charge in [-0.05, 0) is 25.5 Å². The van der Waals surface area contributed by atoms with Gasteiger partial charge >= 0.3 is 0 Å². The number of sulfone groups is 1. The van der Waals surface area contributed by atoms with E-state index in [4.69, 9.17) is 5.26 Å². The molecule has 0 unspecified atom stereocenters. The second-order valence-corrected chi connectivity index (χ2v) is 5.08. The minimum atomic E-state index is -3.42. The van der Waals surface area contributed by atoms with Crippen LogP contribution >= 0.6 is 0 Å². The summed E-state index contributed by atoms with van der Waals surface area (Å²) in [5, 5.41) is 8.67. The van der Waals surface area contributed by atoms with Crippen LogP contribution in [0.1, 0.15) is 16.8 Å². The molecule has 1 aromatic rings. The first-order chi connectivity index (χ1) is 6.36. The Morgan fingerprint density at radius 1 is 1.43 bits per heavy atom. The topological polar surface area (TPSA) is 70.8 Å². The molecule has 0 N–H and O–H groups in total. The number of aryl methyl sites for hydroxylation is 2. The zero-order valence-electron chi connectivity index (χ0n) is 8.20. The molecule has 0 saturated heterocycles. The van der Waals surface area contributed by atoms with Crippen molar-refractivity contribution in [1.82, 2.24) is 4.98 Å². The summed E-state index contributed by atoms with van der Waals surface area (Å²) in [7, 11) is -3.42. The molecule has 0 bridgehead atoms. The highest BCUT2D eigenvalue weighted by molar-refractivity contribution is 7.90. The molecule has 0 radical (unpaired) electrons. The fourth-order valence-electron chi connectivity index (χ4n) is 1.21. The number of aromatic nitrogens is 1. The molecule has 0 aliphatic carbocycles. The van der Waals surface area contributed by atoms with Crippen molar-refractivity contribution >= 4 is 9.84 Å². The molecule has 1 aromatic heterocycles. The van der Waals surface area contributed by atoms with E-state index >= 15 is 0 Å². The molecular formula is C9H10N2O2S. The van der Waals surface area contributed by atoms with Crippen molar-refractivity contribution in [2.45, 2.75) is 18.9 Å². The van der Waals surface area contributed by atoms with E-state index in [9.17, 15) is 8.42 Å². The first-order valence-corrected chi connectivity index (χ1v) is 5.84. The van der Waals surface area contributed by atoms with Crippen LogP contribution in [0.2, 0.25) is 0 Å². The smallest absolute Gasteiger partial charge is 0.194 e. The van der Waals surface area contributed by atoms with Gasteiger partial charge in [0.15, 0.2) is 14.9 Å². The van der Waals surface area contributed by atoms with E-state index in [1.807, 2.05) is 6.07 Å². The predicted octanol–water partition coefficient (Wildman–Crippen LogP) is 0.974. The fraction of sp³-hybridized carbons (Fsp3) is 0.333. The normalized spacial score (nSPS) is 11.0. The van der Waals surface area contributed by atoms with Crippen LogP contribution in [-0.2, 0) is 9.84 Å². The number of hydrogen-bond donors (Lipinski definition) is 0. The van der Waals surface area contributed by atoms with E-state index in [1.54, 1.807) is 19.9 Å². The van der Waals surface area contributed by atoms with Gasteiger partial charge in [0.25, 0.3) is 0 Å². The first-order valence-electron chi connectivity index (χ1n) is 3.94. The Balaban J connectivity index is 3.68. The lowest BCUT2D eigenvalue weighted by Crippen LogP contribution is -2.06. The molecular weight excluding hydrogens is 200 g/mol. The van der Waals surface area contributed by atoms with Crippen LogP contribution in [0, 0.1) is 25.2 Å². The van der Waals surface area contributed by atoms with Gasteiger partial charge < -0.3 is 0 Å². The third-order valence-electron chi connectivity index (χ3n) is 1.77. The van der Waals surface area contributed by atoms with Gasteiger partial charge in [-0.15, -0.1) is 0 Å². The van der Waals surface area contributed by atoms with Crippen LogP contribution in [0.4, 0.5) is 0 Å². The fourth-order valence-corrected chi connectivity index (χ4v) is 2.09. The Labute approximate surface area is 83.1 Å². The third kappa shape index (κ3) is 1.91. The van der Waals surface area contributed by atoms with Crippen molar-refractivity contribution in [1.29, 1.82) is 5.26 Å². The number of nitriles is 1. The predicted molar refractivity (Wildman–Crippen MR) is 51.5 cm³/mol. The SMILES string of the molecule is Cc1cc(C)c(C#N)c(S(C)(=O)=O)n1. The maximum Gasteiger partial charge on any atom is 0.194 e. The highest BCUT2D eigenvalue weighted by atomic mass is 32.2. The van der Waals surface area contributed by atoms with Crippen LogP contribution < -0.4 is 0 Å². The number of hydrogen-bond acceptors (Lipinski definition) is 4. The summed E-state index contributed by atoms with van der Waals surface area (Å²) in [5.41, 5.74) is 1.38. The molecule has 0 aliphatic heterocycles. The van der Waals surface area contributed by atoms with Gasteiger partial charge in [0.2, 0.25) is 0 Å². The Morgan fingerprint density at radius 3 is 2.43 bits per heavy atom. The lowest BCUT2D eigenvalue weighted by Gasteiger charge is -2.04. The molecule has 1 rings (SSSR count). The summed E-state index contributed by atoms with van der Waals surface area (Å²) in [4.78, 5) is 3.87. The molecule has 5 heteroatoms. The van der Waals surface area contributed by atoms with E-state index < -0.39 is 9.84 Å². The van der Waals surface area contributed by atoms with E-state index in [-0.39, 0.29) is 10.6 Å². The lowest BCUT2D eigenvalue weighted by molar-refractivity contribution is 0.597. The van der Waals surface area contributed by atoms with E-state index in [0.717, 1.165) is 6.26 Å². The summed E-state index contributed by atoms with van der Waals surface area (Å²) < 4.78 is 22.6. The zero-order chi connectivity index (χ0) is 10.9. The van der Waals surface area contributed by atoms with Gasteiger partial charge in [0, 0.05) is 11.9 Å². The molecule has 74 valence electrons. The minimum absolute atomic E-state index is 0.127. The van der Waals surface area contributed by atoms with Crippen molar-refractivity contribution in [3.63, 3.8) is 0 Å². The molecule has 14 heavy (non-hydrogen) atoms. The quantitative estimate of drug-likeness (QED) is 0.692. The molecule has 0 amide bonds. The second-order valence-electron chi connectivity index (χ2n) is 3.14. The van der Waals surface area contributed by atoms with E-state index in [0.29, 0.717) is 11.3 Å². The van der Waals surface area contributed by atoms with Gasteiger partial charge in [-0.2, -0.15) is 5.26 Å². The number of rotatable bonds is 1. The van der Waals surface area contributed by atoms with Gasteiger partial charge in [-0.3, -0.25) is 0 Å².